The molecule has 8 nitrogen and oxygen atoms in total. The van der Waals surface area contributed by atoms with Crippen LogP contribution in [0.3, 0.4) is 0 Å². The standard InChI is InChI=1S/C19H32BN3O5/c1-5-6-7-14-8-9-15(21-11-14)18(25)23-17(13(4)24)19(26)22-16(20(27)28)10-12(2)3/h8-9,11-13,16-17,24,27-28H,5-7,10H2,1-4H3,(H,22,26)(H,23,25)/t13-,16+,17+/m1/s1. The molecule has 0 aliphatic heterocycles. The normalized spacial score (nSPS) is 14.3. The predicted molar refractivity (Wildman–Crippen MR) is 107 cm³/mol. The number of hydrogen-bond donors (Lipinski definition) is 5. The molecule has 1 heterocycles. The minimum Gasteiger partial charge on any atom is -0.426 e. The van der Waals surface area contributed by atoms with Gasteiger partial charge in [-0.15, -0.1) is 0 Å². The molecule has 156 valence electrons. The number of pyridine rings is 1. The predicted octanol–water partition coefficient (Wildman–Crippen LogP) is 0.446. The Morgan fingerprint density at radius 1 is 1.18 bits per heavy atom. The van der Waals surface area contributed by atoms with Crippen LogP contribution in [0.4, 0.5) is 0 Å². The van der Waals surface area contributed by atoms with Crippen LogP contribution in [0.15, 0.2) is 18.3 Å². The first kappa shape index (κ1) is 24.1. The van der Waals surface area contributed by atoms with Crippen LogP contribution < -0.4 is 10.6 Å². The molecule has 0 saturated heterocycles. The number of carbonyl (C=O) groups excluding carboxylic acids is 2. The molecule has 28 heavy (non-hydrogen) atoms. The van der Waals surface area contributed by atoms with Gasteiger partial charge in [-0.1, -0.05) is 33.3 Å². The Bertz CT molecular complexity index is 623. The van der Waals surface area contributed by atoms with E-state index in [0.717, 1.165) is 24.8 Å². The van der Waals surface area contributed by atoms with E-state index in [-0.39, 0.29) is 11.6 Å². The lowest BCUT2D eigenvalue weighted by atomic mass is 9.75. The number of unbranched alkanes of at least 4 members (excludes halogenated alkanes) is 1. The summed E-state index contributed by atoms with van der Waals surface area (Å²) in [5.41, 5.74) is 1.16. The molecule has 0 aliphatic rings. The average Bonchev–Trinajstić information content (AvgIpc) is 2.63. The zero-order valence-corrected chi connectivity index (χ0v) is 17.1. The zero-order chi connectivity index (χ0) is 21.3. The molecule has 0 saturated carbocycles. The largest absolute Gasteiger partial charge is 0.475 e. The van der Waals surface area contributed by atoms with Gasteiger partial charge in [-0.3, -0.25) is 14.6 Å². The van der Waals surface area contributed by atoms with Crippen LogP contribution in [-0.2, 0) is 11.2 Å². The molecule has 0 aliphatic carbocycles. The van der Waals surface area contributed by atoms with E-state index in [1.54, 1.807) is 12.3 Å². The lowest BCUT2D eigenvalue weighted by Crippen LogP contribution is -2.57. The molecule has 0 radical (unpaired) electrons. The van der Waals surface area contributed by atoms with Crippen LogP contribution in [-0.4, -0.2) is 57.2 Å². The second-order valence-corrected chi connectivity index (χ2v) is 7.51. The monoisotopic (exact) mass is 393 g/mol. The van der Waals surface area contributed by atoms with Crippen molar-refractivity contribution in [2.75, 3.05) is 0 Å². The fourth-order valence-corrected chi connectivity index (χ4v) is 2.74. The third-order valence-electron chi connectivity index (χ3n) is 4.34. The Kier molecular flexibility index (Phi) is 10.1. The molecule has 5 N–H and O–H groups in total. The van der Waals surface area contributed by atoms with Crippen molar-refractivity contribution in [3.63, 3.8) is 0 Å². The fraction of sp³-hybridized carbons (Fsp3) is 0.632. The number of rotatable bonds is 11. The summed E-state index contributed by atoms with van der Waals surface area (Å²) >= 11 is 0. The molecule has 2 amide bonds. The summed E-state index contributed by atoms with van der Waals surface area (Å²) in [7, 11) is -1.74. The highest BCUT2D eigenvalue weighted by Crippen LogP contribution is 2.08. The summed E-state index contributed by atoms with van der Waals surface area (Å²) in [6.45, 7) is 7.23. The summed E-state index contributed by atoms with van der Waals surface area (Å²) in [5, 5.41) is 33.8. The van der Waals surface area contributed by atoms with Gasteiger partial charge in [0.05, 0.1) is 12.0 Å². The average molecular weight is 393 g/mol. The van der Waals surface area contributed by atoms with E-state index >= 15 is 0 Å². The van der Waals surface area contributed by atoms with E-state index in [1.807, 2.05) is 19.9 Å². The number of aliphatic hydroxyl groups excluding tert-OH is 1. The van der Waals surface area contributed by atoms with Crippen molar-refractivity contribution in [1.82, 2.24) is 15.6 Å². The van der Waals surface area contributed by atoms with Crippen molar-refractivity contribution < 1.29 is 24.7 Å². The van der Waals surface area contributed by atoms with E-state index in [1.165, 1.54) is 6.92 Å². The van der Waals surface area contributed by atoms with Gasteiger partial charge in [0.25, 0.3) is 5.91 Å². The summed E-state index contributed by atoms with van der Waals surface area (Å²) in [5.74, 6) is -2.07. The molecule has 0 unspecified atom stereocenters. The first-order chi connectivity index (χ1) is 13.1. The van der Waals surface area contributed by atoms with Gasteiger partial charge in [-0.2, -0.15) is 0 Å². The van der Waals surface area contributed by atoms with Crippen molar-refractivity contribution >= 4 is 18.9 Å². The number of aliphatic hydroxyl groups is 1. The Morgan fingerprint density at radius 3 is 2.32 bits per heavy atom. The van der Waals surface area contributed by atoms with Crippen molar-refractivity contribution in [2.24, 2.45) is 5.92 Å². The summed E-state index contributed by atoms with van der Waals surface area (Å²) in [6.07, 6.45) is 3.76. The molecule has 1 aromatic rings. The highest BCUT2D eigenvalue weighted by Gasteiger charge is 2.32. The Morgan fingerprint density at radius 2 is 1.86 bits per heavy atom. The van der Waals surface area contributed by atoms with E-state index < -0.39 is 37.0 Å². The van der Waals surface area contributed by atoms with Crippen LogP contribution >= 0.6 is 0 Å². The number of aryl methyl sites for hydroxylation is 1. The van der Waals surface area contributed by atoms with Gasteiger partial charge >= 0.3 is 7.12 Å². The summed E-state index contributed by atoms with van der Waals surface area (Å²) in [6, 6.07) is 2.15. The molecule has 0 spiro atoms. The van der Waals surface area contributed by atoms with Crippen LogP contribution in [0.25, 0.3) is 0 Å². The maximum atomic E-state index is 12.5. The molecular formula is C19H32BN3O5. The molecule has 0 fully saturated rings. The van der Waals surface area contributed by atoms with Gasteiger partial charge in [-0.25, -0.2) is 0 Å². The van der Waals surface area contributed by atoms with E-state index in [0.29, 0.717) is 6.42 Å². The lowest BCUT2D eigenvalue weighted by Gasteiger charge is -2.25. The van der Waals surface area contributed by atoms with Crippen molar-refractivity contribution in [3.05, 3.63) is 29.6 Å². The topological polar surface area (TPSA) is 132 Å². The van der Waals surface area contributed by atoms with Gasteiger partial charge in [0.2, 0.25) is 5.91 Å². The van der Waals surface area contributed by atoms with E-state index in [4.69, 9.17) is 0 Å². The van der Waals surface area contributed by atoms with E-state index in [9.17, 15) is 24.7 Å². The minimum atomic E-state index is -1.74. The van der Waals surface area contributed by atoms with Crippen LogP contribution in [0.5, 0.6) is 0 Å². The molecule has 1 rings (SSSR count). The Hall–Kier alpha value is -1.97. The van der Waals surface area contributed by atoms with Gasteiger partial charge in [0, 0.05) is 6.20 Å². The number of carbonyl (C=O) groups is 2. The van der Waals surface area contributed by atoms with Gasteiger partial charge in [-0.05, 0) is 43.7 Å². The Balaban J connectivity index is 2.79. The zero-order valence-electron chi connectivity index (χ0n) is 17.1. The van der Waals surface area contributed by atoms with E-state index in [2.05, 4.69) is 22.5 Å². The number of hydrogen-bond acceptors (Lipinski definition) is 6. The van der Waals surface area contributed by atoms with Crippen LogP contribution in [0.1, 0.15) is 63.0 Å². The highest BCUT2D eigenvalue weighted by atomic mass is 16.4. The number of nitrogens with one attached hydrogen (secondary N) is 2. The first-order valence-electron chi connectivity index (χ1n) is 9.76. The maximum Gasteiger partial charge on any atom is 0.475 e. The molecule has 0 aromatic carbocycles. The Labute approximate surface area is 166 Å². The first-order valence-corrected chi connectivity index (χ1v) is 9.76. The molecule has 1 aromatic heterocycles. The maximum absolute atomic E-state index is 12.5. The third kappa shape index (κ3) is 7.96. The SMILES string of the molecule is CCCCc1ccc(C(=O)N[C@H](C(=O)N[C@@H](CC(C)C)B(O)O)[C@@H](C)O)nc1. The van der Waals surface area contributed by atoms with Gasteiger partial charge < -0.3 is 25.8 Å². The second kappa shape index (κ2) is 11.8. The summed E-state index contributed by atoms with van der Waals surface area (Å²) in [4.78, 5) is 29.0. The quantitative estimate of drug-likeness (QED) is 0.347. The smallest absolute Gasteiger partial charge is 0.426 e. The molecule has 0 bridgehead atoms. The van der Waals surface area contributed by atoms with Crippen molar-refractivity contribution in [1.29, 1.82) is 0 Å². The fourth-order valence-electron chi connectivity index (χ4n) is 2.74. The summed E-state index contributed by atoms with van der Waals surface area (Å²) < 4.78 is 0. The molecular weight excluding hydrogens is 361 g/mol. The van der Waals surface area contributed by atoms with Crippen LogP contribution in [0, 0.1) is 5.92 Å². The minimum absolute atomic E-state index is 0.113. The number of amides is 2. The number of nitrogens with zero attached hydrogens (tertiary/aromatic N) is 1. The van der Waals surface area contributed by atoms with Gasteiger partial charge in [0.1, 0.15) is 11.7 Å². The third-order valence-corrected chi connectivity index (χ3v) is 4.34. The molecule has 9 heteroatoms. The lowest BCUT2D eigenvalue weighted by molar-refractivity contribution is -0.125. The highest BCUT2D eigenvalue weighted by molar-refractivity contribution is 6.43. The van der Waals surface area contributed by atoms with Crippen molar-refractivity contribution in [2.45, 2.75) is 71.5 Å². The second-order valence-electron chi connectivity index (χ2n) is 7.51. The molecule has 3 atom stereocenters. The van der Waals surface area contributed by atoms with Gasteiger partial charge in [0.15, 0.2) is 0 Å². The van der Waals surface area contributed by atoms with Crippen molar-refractivity contribution in [3.8, 4) is 0 Å². The van der Waals surface area contributed by atoms with Crippen LogP contribution in [0.2, 0.25) is 0 Å². The number of aromatic nitrogens is 1.